The van der Waals surface area contributed by atoms with Gasteiger partial charge in [0.25, 0.3) is 0 Å². The number of hydrogen-bond donors (Lipinski definition) is 1. The third kappa shape index (κ3) is 3.76. The van der Waals surface area contributed by atoms with Gasteiger partial charge in [-0.2, -0.15) is 16.3 Å². The smallest absolute Gasteiger partial charge is 0.305 e. The molecule has 8 heteroatoms. The number of thiophene rings is 1. The molecule has 2 aromatic heterocycles. The molecular weight excluding hydrogens is 318 g/mol. The van der Waals surface area contributed by atoms with Crippen LogP contribution in [0.5, 0.6) is 0 Å². The maximum atomic E-state index is 12.3. The predicted octanol–water partition coefficient (Wildman–Crippen LogP) is 2.20. The zero-order chi connectivity index (χ0) is 16.2. The van der Waals surface area contributed by atoms with E-state index in [9.17, 15) is 9.59 Å². The molecule has 1 saturated heterocycles. The van der Waals surface area contributed by atoms with Crippen LogP contribution in [0.25, 0.3) is 11.4 Å². The highest BCUT2D eigenvalue weighted by molar-refractivity contribution is 7.08. The van der Waals surface area contributed by atoms with Crippen molar-refractivity contribution in [3.05, 3.63) is 22.7 Å². The Morgan fingerprint density at radius 3 is 3.09 bits per heavy atom. The van der Waals surface area contributed by atoms with Crippen LogP contribution in [0.1, 0.15) is 31.6 Å². The number of amides is 1. The molecule has 122 valence electrons. The van der Waals surface area contributed by atoms with Crippen molar-refractivity contribution in [1.82, 2.24) is 15.0 Å². The number of carbonyl (C=O) groups is 2. The molecule has 0 radical (unpaired) electrons. The summed E-state index contributed by atoms with van der Waals surface area (Å²) in [5.74, 6) is 0.0307. The molecule has 0 saturated carbocycles. The van der Waals surface area contributed by atoms with Crippen molar-refractivity contribution in [2.45, 2.75) is 38.1 Å². The first-order valence-corrected chi connectivity index (χ1v) is 8.44. The van der Waals surface area contributed by atoms with Gasteiger partial charge >= 0.3 is 5.97 Å². The Morgan fingerprint density at radius 2 is 2.35 bits per heavy atom. The number of nitrogens with zero attached hydrogens (tertiary/aromatic N) is 3. The van der Waals surface area contributed by atoms with Crippen LogP contribution in [-0.2, 0) is 16.0 Å². The van der Waals surface area contributed by atoms with Gasteiger partial charge in [-0.25, -0.2) is 0 Å². The van der Waals surface area contributed by atoms with E-state index in [1.54, 1.807) is 16.2 Å². The highest BCUT2D eigenvalue weighted by Crippen LogP contribution is 2.22. The van der Waals surface area contributed by atoms with Crippen molar-refractivity contribution < 1.29 is 19.2 Å². The first-order chi connectivity index (χ1) is 11.1. The average Bonchev–Trinajstić information content (AvgIpc) is 3.24. The van der Waals surface area contributed by atoms with E-state index in [0.29, 0.717) is 24.7 Å². The van der Waals surface area contributed by atoms with Gasteiger partial charge in [-0.1, -0.05) is 5.16 Å². The van der Waals surface area contributed by atoms with Crippen molar-refractivity contribution in [3.8, 4) is 11.4 Å². The molecule has 1 unspecified atom stereocenters. The quantitative estimate of drug-likeness (QED) is 0.869. The summed E-state index contributed by atoms with van der Waals surface area (Å²) in [6.45, 7) is 0.626. The third-order valence-corrected chi connectivity index (χ3v) is 4.59. The van der Waals surface area contributed by atoms with Crippen LogP contribution in [0.15, 0.2) is 21.3 Å². The molecule has 2 aromatic rings. The van der Waals surface area contributed by atoms with E-state index in [-0.39, 0.29) is 24.8 Å². The molecule has 1 amide bonds. The standard InChI is InChI=1S/C15H17N3O4S/c19-13(18-6-1-2-11(18)8-14(20)21)4-3-12-16-15(17-22-12)10-5-7-23-9-10/h5,7,9,11H,1-4,6,8H2,(H,20,21). The number of aryl methyl sites for hydroxylation is 1. The number of hydrogen-bond acceptors (Lipinski definition) is 6. The molecule has 1 fully saturated rings. The minimum Gasteiger partial charge on any atom is -0.481 e. The maximum Gasteiger partial charge on any atom is 0.305 e. The van der Waals surface area contributed by atoms with Gasteiger partial charge in [-0.05, 0) is 24.3 Å². The van der Waals surface area contributed by atoms with Crippen LogP contribution in [0.4, 0.5) is 0 Å². The van der Waals surface area contributed by atoms with Crippen molar-refractivity contribution in [3.63, 3.8) is 0 Å². The van der Waals surface area contributed by atoms with Crippen molar-refractivity contribution in [2.24, 2.45) is 0 Å². The fraction of sp³-hybridized carbons (Fsp3) is 0.467. The minimum absolute atomic E-state index is 0.00853. The zero-order valence-corrected chi connectivity index (χ0v) is 13.3. The monoisotopic (exact) mass is 335 g/mol. The Bertz CT molecular complexity index is 683. The Hall–Kier alpha value is -2.22. The highest BCUT2D eigenvalue weighted by atomic mass is 32.1. The first-order valence-electron chi connectivity index (χ1n) is 7.50. The van der Waals surface area contributed by atoms with E-state index in [1.807, 2.05) is 16.8 Å². The maximum absolute atomic E-state index is 12.3. The summed E-state index contributed by atoms with van der Waals surface area (Å²) < 4.78 is 5.17. The van der Waals surface area contributed by atoms with Crippen LogP contribution in [0.3, 0.4) is 0 Å². The molecule has 23 heavy (non-hydrogen) atoms. The van der Waals surface area contributed by atoms with Crippen molar-refractivity contribution >= 4 is 23.2 Å². The molecule has 0 bridgehead atoms. The zero-order valence-electron chi connectivity index (χ0n) is 12.5. The fourth-order valence-corrected chi connectivity index (χ4v) is 3.43. The summed E-state index contributed by atoms with van der Waals surface area (Å²) >= 11 is 1.55. The van der Waals surface area contributed by atoms with Gasteiger partial charge in [-0.15, -0.1) is 0 Å². The lowest BCUT2D eigenvalue weighted by Crippen LogP contribution is -2.36. The molecular formula is C15H17N3O4S. The summed E-state index contributed by atoms with van der Waals surface area (Å²) in [5.41, 5.74) is 0.900. The largest absolute Gasteiger partial charge is 0.481 e. The lowest BCUT2D eigenvalue weighted by atomic mass is 10.1. The van der Waals surface area contributed by atoms with Gasteiger partial charge in [0, 0.05) is 36.4 Å². The van der Waals surface area contributed by atoms with Crippen LogP contribution in [-0.4, -0.2) is 44.6 Å². The molecule has 1 N–H and O–H groups in total. The lowest BCUT2D eigenvalue weighted by Gasteiger charge is -2.23. The third-order valence-electron chi connectivity index (χ3n) is 3.91. The first kappa shape index (κ1) is 15.7. The van der Waals surface area contributed by atoms with Crippen LogP contribution < -0.4 is 0 Å². The predicted molar refractivity (Wildman–Crippen MR) is 82.9 cm³/mol. The molecule has 3 rings (SSSR count). The topological polar surface area (TPSA) is 96.5 Å². The minimum atomic E-state index is -0.869. The summed E-state index contributed by atoms with van der Waals surface area (Å²) in [6.07, 6.45) is 2.23. The summed E-state index contributed by atoms with van der Waals surface area (Å²) in [4.78, 5) is 29.1. The number of aromatic nitrogens is 2. The summed E-state index contributed by atoms with van der Waals surface area (Å²) in [6, 6.07) is 1.72. The van der Waals surface area contributed by atoms with Crippen LogP contribution in [0.2, 0.25) is 0 Å². The van der Waals surface area contributed by atoms with Gasteiger partial charge in [0.2, 0.25) is 17.6 Å². The van der Waals surface area contributed by atoms with Crippen LogP contribution in [0, 0.1) is 0 Å². The lowest BCUT2D eigenvalue weighted by molar-refractivity contribution is -0.139. The van der Waals surface area contributed by atoms with Crippen molar-refractivity contribution in [1.29, 1.82) is 0 Å². The Kier molecular flexibility index (Phi) is 4.71. The Balaban J connectivity index is 1.55. The Morgan fingerprint density at radius 1 is 1.48 bits per heavy atom. The normalized spacial score (nSPS) is 17.6. The molecule has 1 aliphatic heterocycles. The molecule has 0 aliphatic carbocycles. The second kappa shape index (κ2) is 6.91. The van der Waals surface area contributed by atoms with Crippen molar-refractivity contribution in [2.75, 3.05) is 6.54 Å². The molecule has 1 aliphatic rings. The highest BCUT2D eigenvalue weighted by Gasteiger charge is 2.30. The van der Waals surface area contributed by atoms with Gasteiger partial charge in [-0.3, -0.25) is 9.59 Å². The second-order valence-corrected chi connectivity index (χ2v) is 6.28. The van der Waals surface area contributed by atoms with E-state index in [1.165, 1.54) is 0 Å². The molecule has 1 atom stereocenters. The van der Waals surface area contributed by atoms with Gasteiger partial charge in [0.15, 0.2) is 0 Å². The van der Waals surface area contributed by atoms with E-state index in [2.05, 4.69) is 10.1 Å². The molecule has 0 aromatic carbocycles. The van der Waals surface area contributed by atoms with E-state index in [4.69, 9.17) is 9.63 Å². The number of rotatable bonds is 6. The Labute approximate surface area is 136 Å². The van der Waals surface area contributed by atoms with Gasteiger partial charge in [0.1, 0.15) is 0 Å². The number of aliphatic carboxylic acids is 1. The van der Waals surface area contributed by atoms with E-state index < -0.39 is 5.97 Å². The number of carboxylic acid groups (broad SMARTS) is 1. The van der Waals surface area contributed by atoms with E-state index >= 15 is 0 Å². The number of carboxylic acids is 1. The molecule has 0 spiro atoms. The van der Waals surface area contributed by atoms with Crippen LogP contribution >= 0.6 is 11.3 Å². The summed E-state index contributed by atoms with van der Waals surface area (Å²) in [7, 11) is 0. The van der Waals surface area contributed by atoms with E-state index in [0.717, 1.165) is 18.4 Å². The SMILES string of the molecule is O=C(O)CC1CCCN1C(=O)CCc1nc(-c2ccsc2)no1. The fourth-order valence-electron chi connectivity index (χ4n) is 2.80. The number of likely N-dealkylation sites (tertiary alicyclic amines) is 1. The van der Waals surface area contributed by atoms with Gasteiger partial charge in [0.05, 0.1) is 6.42 Å². The molecule has 3 heterocycles. The molecule has 7 nitrogen and oxygen atoms in total. The summed E-state index contributed by atoms with van der Waals surface area (Å²) in [5, 5.41) is 16.7. The number of carbonyl (C=O) groups excluding carboxylic acids is 1. The van der Waals surface area contributed by atoms with Gasteiger partial charge < -0.3 is 14.5 Å². The second-order valence-electron chi connectivity index (χ2n) is 5.50. The average molecular weight is 335 g/mol.